The SMILES string of the molecule is O=C(O)CCc1ccc(C(=O)Nc2ccncc2)cc1. The Hall–Kier alpha value is -2.69. The number of carboxylic acid groups (broad SMARTS) is 1. The molecule has 0 fully saturated rings. The third-order valence-corrected chi connectivity index (χ3v) is 2.78. The fraction of sp³-hybridized carbons (Fsp3) is 0.133. The van der Waals surface area contributed by atoms with E-state index in [0.717, 1.165) is 5.56 Å². The topological polar surface area (TPSA) is 79.3 Å². The second-order valence-corrected chi connectivity index (χ2v) is 4.28. The van der Waals surface area contributed by atoms with Crippen LogP contribution in [0.5, 0.6) is 0 Å². The summed E-state index contributed by atoms with van der Waals surface area (Å²) < 4.78 is 0. The van der Waals surface area contributed by atoms with Gasteiger partial charge in [0, 0.05) is 30.1 Å². The lowest BCUT2D eigenvalue weighted by Gasteiger charge is -2.05. The average Bonchev–Trinajstić information content (AvgIpc) is 2.46. The van der Waals surface area contributed by atoms with E-state index in [0.29, 0.717) is 17.7 Å². The first-order chi connectivity index (χ1) is 9.65. The molecule has 0 spiro atoms. The lowest BCUT2D eigenvalue weighted by atomic mass is 10.1. The number of carboxylic acids is 1. The fourth-order valence-electron chi connectivity index (χ4n) is 1.71. The van der Waals surface area contributed by atoms with E-state index in [-0.39, 0.29) is 12.3 Å². The molecule has 0 aliphatic rings. The summed E-state index contributed by atoms with van der Waals surface area (Å²) >= 11 is 0. The van der Waals surface area contributed by atoms with Crippen molar-refractivity contribution in [1.82, 2.24) is 4.98 Å². The molecule has 0 saturated heterocycles. The standard InChI is InChI=1S/C15H14N2O3/c18-14(19)6-3-11-1-4-12(5-2-11)15(20)17-13-7-9-16-10-8-13/h1-2,4-5,7-10H,3,6H2,(H,18,19)(H,16,17,20). The number of amides is 1. The smallest absolute Gasteiger partial charge is 0.303 e. The Morgan fingerprint density at radius 1 is 1.05 bits per heavy atom. The van der Waals surface area contributed by atoms with Gasteiger partial charge in [-0.05, 0) is 36.2 Å². The van der Waals surface area contributed by atoms with Crippen molar-refractivity contribution in [3.63, 3.8) is 0 Å². The molecular weight excluding hydrogens is 256 g/mol. The zero-order valence-electron chi connectivity index (χ0n) is 10.7. The molecule has 0 aliphatic carbocycles. The van der Waals surface area contributed by atoms with Gasteiger partial charge in [-0.15, -0.1) is 0 Å². The van der Waals surface area contributed by atoms with Gasteiger partial charge in [0.2, 0.25) is 0 Å². The van der Waals surface area contributed by atoms with Crippen LogP contribution in [-0.4, -0.2) is 22.0 Å². The van der Waals surface area contributed by atoms with E-state index >= 15 is 0 Å². The van der Waals surface area contributed by atoms with E-state index in [1.54, 1.807) is 48.8 Å². The summed E-state index contributed by atoms with van der Waals surface area (Å²) in [5.74, 6) is -1.04. The Bertz CT molecular complexity index is 594. The molecule has 0 aliphatic heterocycles. The van der Waals surface area contributed by atoms with Crippen molar-refractivity contribution in [2.45, 2.75) is 12.8 Å². The molecule has 1 aromatic carbocycles. The highest BCUT2D eigenvalue weighted by Gasteiger charge is 2.06. The maximum Gasteiger partial charge on any atom is 0.303 e. The molecule has 0 unspecified atom stereocenters. The van der Waals surface area contributed by atoms with Gasteiger partial charge in [-0.1, -0.05) is 12.1 Å². The average molecular weight is 270 g/mol. The van der Waals surface area contributed by atoms with Crippen LogP contribution >= 0.6 is 0 Å². The number of aryl methyl sites for hydroxylation is 1. The van der Waals surface area contributed by atoms with Crippen molar-refractivity contribution < 1.29 is 14.7 Å². The predicted molar refractivity (Wildman–Crippen MR) is 74.6 cm³/mol. The Balaban J connectivity index is 1.99. The van der Waals surface area contributed by atoms with Crippen molar-refractivity contribution in [1.29, 1.82) is 0 Å². The molecule has 0 bridgehead atoms. The van der Waals surface area contributed by atoms with Crippen molar-refractivity contribution in [3.05, 3.63) is 59.9 Å². The molecule has 102 valence electrons. The molecule has 1 aromatic heterocycles. The molecule has 5 nitrogen and oxygen atoms in total. The number of carbonyl (C=O) groups excluding carboxylic acids is 1. The first-order valence-corrected chi connectivity index (χ1v) is 6.17. The number of aliphatic carboxylic acids is 1. The van der Waals surface area contributed by atoms with Crippen LogP contribution in [0.3, 0.4) is 0 Å². The predicted octanol–water partition coefficient (Wildman–Crippen LogP) is 2.35. The van der Waals surface area contributed by atoms with Crippen molar-refractivity contribution in [2.75, 3.05) is 5.32 Å². The highest BCUT2D eigenvalue weighted by molar-refractivity contribution is 6.04. The molecule has 0 radical (unpaired) electrons. The number of pyridine rings is 1. The fourth-order valence-corrected chi connectivity index (χ4v) is 1.71. The molecule has 1 heterocycles. The second-order valence-electron chi connectivity index (χ2n) is 4.28. The molecule has 20 heavy (non-hydrogen) atoms. The molecular formula is C15H14N2O3. The zero-order valence-corrected chi connectivity index (χ0v) is 10.7. The van der Waals surface area contributed by atoms with Gasteiger partial charge in [0.15, 0.2) is 0 Å². The number of aromatic nitrogens is 1. The van der Waals surface area contributed by atoms with Crippen LogP contribution in [0, 0.1) is 0 Å². The molecule has 5 heteroatoms. The third-order valence-electron chi connectivity index (χ3n) is 2.78. The maximum absolute atomic E-state index is 12.0. The first-order valence-electron chi connectivity index (χ1n) is 6.17. The van der Waals surface area contributed by atoms with Gasteiger partial charge < -0.3 is 10.4 Å². The van der Waals surface area contributed by atoms with Crippen LogP contribution < -0.4 is 5.32 Å². The second kappa shape index (κ2) is 6.47. The quantitative estimate of drug-likeness (QED) is 0.874. The monoisotopic (exact) mass is 270 g/mol. The highest BCUT2D eigenvalue weighted by Crippen LogP contribution is 2.10. The number of nitrogens with one attached hydrogen (secondary N) is 1. The van der Waals surface area contributed by atoms with E-state index in [4.69, 9.17) is 5.11 Å². The van der Waals surface area contributed by atoms with Crippen LogP contribution in [0.25, 0.3) is 0 Å². The van der Waals surface area contributed by atoms with E-state index < -0.39 is 5.97 Å². The van der Waals surface area contributed by atoms with Gasteiger partial charge >= 0.3 is 5.97 Å². The molecule has 2 N–H and O–H groups in total. The Morgan fingerprint density at radius 3 is 2.30 bits per heavy atom. The molecule has 0 atom stereocenters. The first kappa shape index (κ1) is 13.7. The van der Waals surface area contributed by atoms with Gasteiger partial charge in [0.25, 0.3) is 5.91 Å². The van der Waals surface area contributed by atoms with Gasteiger partial charge in [-0.3, -0.25) is 14.6 Å². The number of carbonyl (C=O) groups is 2. The van der Waals surface area contributed by atoms with Crippen LogP contribution in [0.2, 0.25) is 0 Å². The lowest BCUT2D eigenvalue weighted by molar-refractivity contribution is -0.136. The summed E-state index contributed by atoms with van der Waals surface area (Å²) in [6.45, 7) is 0. The zero-order chi connectivity index (χ0) is 14.4. The van der Waals surface area contributed by atoms with Gasteiger partial charge in [-0.2, -0.15) is 0 Å². The molecule has 0 saturated carbocycles. The summed E-state index contributed by atoms with van der Waals surface area (Å²) in [5, 5.41) is 11.4. The third kappa shape index (κ3) is 3.91. The van der Waals surface area contributed by atoms with Gasteiger partial charge in [-0.25, -0.2) is 0 Å². The molecule has 1 amide bonds. The van der Waals surface area contributed by atoms with E-state index in [1.807, 2.05) is 0 Å². The normalized spacial score (nSPS) is 10.0. The van der Waals surface area contributed by atoms with Crippen LogP contribution in [0.15, 0.2) is 48.8 Å². The summed E-state index contributed by atoms with van der Waals surface area (Å²) in [6.07, 6.45) is 3.75. The summed E-state index contributed by atoms with van der Waals surface area (Å²) in [5.41, 5.74) is 2.11. The minimum Gasteiger partial charge on any atom is -0.481 e. The minimum atomic E-state index is -0.829. The van der Waals surface area contributed by atoms with Crippen LogP contribution in [0.4, 0.5) is 5.69 Å². The number of hydrogen-bond donors (Lipinski definition) is 2. The van der Waals surface area contributed by atoms with Crippen LogP contribution in [-0.2, 0) is 11.2 Å². The van der Waals surface area contributed by atoms with Crippen molar-refractivity contribution in [3.8, 4) is 0 Å². The Labute approximate surface area is 116 Å². The largest absolute Gasteiger partial charge is 0.481 e. The number of hydrogen-bond acceptors (Lipinski definition) is 3. The number of benzene rings is 1. The van der Waals surface area contributed by atoms with Crippen molar-refractivity contribution in [2.24, 2.45) is 0 Å². The van der Waals surface area contributed by atoms with Gasteiger partial charge in [0.1, 0.15) is 0 Å². The number of rotatable bonds is 5. The Morgan fingerprint density at radius 2 is 1.70 bits per heavy atom. The summed E-state index contributed by atoms with van der Waals surface area (Å²) in [4.78, 5) is 26.3. The van der Waals surface area contributed by atoms with Gasteiger partial charge in [0.05, 0.1) is 0 Å². The van der Waals surface area contributed by atoms with E-state index in [1.165, 1.54) is 0 Å². The molecule has 2 rings (SSSR count). The maximum atomic E-state index is 12.0. The number of anilines is 1. The van der Waals surface area contributed by atoms with E-state index in [2.05, 4.69) is 10.3 Å². The highest BCUT2D eigenvalue weighted by atomic mass is 16.4. The van der Waals surface area contributed by atoms with E-state index in [9.17, 15) is 9.59 Å². The Kier molecular flexibility index (Phi) is 4.44. The molecule has 2 aromatic rings. The lowest BCUT2D eigenvalue weighted by Crippen LogP contribution is -2.11. The number of nitrogens with zero attached hydrogens (tertiary/aromatic N) is 1. The van der Waals surface area contributed by atoms with Crippen molar-refractivity contribution >= 4 is 17.6 Å². The summed E-state index contributed by atoms with van der Waals surface area (Å²) in [6, 6.07) is 10.3. The minimum absolute atomic E-state index is 0.0859. The van der Waals surface area contributed by atoms with Crippen LogP contribution in [0.1, 0.15) is 22.3 Å². The summed E-state index contributed by atoms with van der Waals surface area (Å²) in [7, 11) is 0.